The van der Waals surface area contributed by atoms with Crippen molar-refractivity contribution in [3.05, 3.63) is 291 Å². The normalized spacial score (nSPS) is 11.9. The molecule has 0 atom stereocenters. The molecule has 9 aromatic carbocycles. The Hall–Kier alpha value is -9.97. The van der Waals surface area contributed by atoms with Gasteiger partial charge < -0.3 is 19.4 Å². The van der Waals surface area contributed by atoms with Gasteiger partial charge in [0.25, 0.3) is 0 Å². The van der Waals surface area contributed by atoms with E-state index in [9.17, 15) is 0 Å². The van der Waals surface area contributed by atoms with Crippen molar-refractivity contribution in [2.45, 2.75) is 6.85 Å². The Morgan fingerprint density at radius 1 is 0.346 bits per heavy atom. The van der Waals surface area contributed by atoms with E-state index < -0.39 is 6.85 Å². The molecule has 81 heavy (non-hydrogen) atoms. The number of pyridine rings is 4. The maximum absolute atomic E-state index is 7.94. The summed E-state index contributed by atoms with van der Waals surface area (Å²) in [5.74, 6) is 0. The largest absolute Gasteiger partial charge is 3.00 e. The fourth-order valence-corrected chi connectivity index (χ4v) is 11.0. The third-order valence-corrected chi connectivity index (χ3v) is 14.8. The molecule has 0 aliphatic heterocycles. The van der Waals surface area contributed by atoms with Crippen LogP contribution in [0.2, 0.25) is 0 Å². The smallest absolute Gasteiger partial charge is 0.486 e. The zero-order valence-corrected chi connectivity index (χ0v) is 45.8. The number of hydrogen-bond donors (Lipinski definition) is 0. The predicted molar refractivity (Wildman–Crippen MR) is 326 cm³/mol. The summed E-state index contributed by atoms with van der Waals surface area (Å²) in [7, 11) is 0. The van der Waals surface area contributed by atoms with E-state index in [2.05, 4.69) is 181 Å². The Kier molecular flexibility index (Phi) is 12.8. The van der Waals surface area contributed by atoms with Crippen molar-refractivity contribution in [2.24, 2.45) is 0 Å². The first-order chi connectivity index (χ1) is 40.8. The van der Waals surface area contributed by atoms with E-state index in [1.807, 2.05) is 97.5 Å². The van der Waals surface area contributed by atoms with E-state index in [-0.39, 0.29) is 31.5 Å². The molecule has 0 N–H and O–H groups in total. The molecule has 0 aliphatic carbocycles. The summed E-state index contributed by atoms with van der Waals surface area (Å²) in [6.07, 6.45) is 5.92. The molecule has 5 aromatic heterocycles. The quantitative estimate of drug-likeness (QED) is 0.121. The van der Waals surface area contributed by atoms with Crippen LogP contribution in [0, 0.1) is 25.1 Å². The summed E-state index contributed by atoms with van der Waals surface area (Å²) in [6.45, 7) is -2.37. The number of rotatable bonds is 11. The third-order valence-electron chi connectivity index (χ3n) is 14.8. The van der Waals surface area contributed by atoms with Crippen LogP contribution in [0.15, 0.2) is 272 Å². The summed E-state index contributed by atoms with van der Waals surface area (Å²) in [5, 5.41) is 1.53. The van der Waals surface area contributed by atoms with Gasteiger partial charge in [-0.15, -0.1) is 90.0 Å². The molecule has 14 rings (SSSR count). The molecule has 5 heterocycles. The number of fused-ring (bicyclic) bond motifs is 3. The van der Waals surface area contributed by atoms with E-state index in [0.717, 1.165) is 122 Å². The summed E-state index contributed by atoms with van der Waals surface area (Å²) in [4.78, 5) is 19.7. The Morgan fingerprint density at radius 2 is 0.827 bits per heavy atom. The van der Waals surface area contributed by atoms with Gasteiger partial charge >= 0.3 is 20.1 Å². The fraction of sp³-hybridized carbons (Fsp3) is 0.0133. The van der Waals surface area contributed by atoms with E-state index >= 15 is 0 Å². The van der Waals surface area contributed by atoms with Gasteiger partial charge in [0, 0.05) is 44.9 Å². The zero-order chi connectivity index (χ0) is 55.9. The molecule has 0 unspecified atom stereocenters. The van der Waals surface area contributed by atoms with E-state index in [0.29, 0.717) is 16.8 Å². The van der Waals surface area contributed by atoms with Crippen molar-refractivity contribution in [3.63, 3.8) is 0 Å². The van der Waals surface area contributed by atoms with Gasteiger partial charge in [-0.05, 0) is 132 Å². The van der Waals surface area contributed by atoms with Gasteiger partial charge in [0.15, 0.2) is 0 Å². The van der Waals surface area contributed by atoms with Crippen LogP contribution in [0.3, 0.4) is 0 Å². The molecule has 5 nitrogen and oxygen atoms in total. The number of aryl methyl sites for hydroxylation is 1. The zero-order valence-electron chi connectivity index (χ0n) is 46.4. The molecule has 0 radical (unpaired) electrons. The van der Waals surface area contributed by atoms with E-state index in [1.54, 1.807) is 6.07 Å². The second-order valence-corrected chi connectivity index (χ2v) is 19.6. The van der Waals surface area contributed by atoms with E-state index in [1.165, 1.54) is 6.07 Å². The Morgan fingerprint density at radius 3 is 1.32 bits per heavy atom. The van der Waals surface area contributed by atoms with E-state index in [4.69, 9.17) is 23.5 Å². The van der Waals surface area contributed by atoms with Crippen molar-refractivity contribution in [1.29, 1.82) is 0 Å². The van der Waals surface area contributed by atoms with Crippen molar-refractivity contribution >= 4 is 22.1 Å². The van der Waals surface area contributed by atoms with Gasteiger partial charge in [-0.25, -0.2) is 4.98 Å². The van der Waals surface area contributed by atoms with Crippen LogP contribution in [-0.2, 0) is 20.1 Å². The Balaban J connectivity index is 0.00000658. The molecule has 0 bridgehead atoms. The first-order valence-corrected chi connectivity index (χ1v) is 26.5. The second kappa shape index (κ2) is 22.0. The standard InChI is InChI=1S/C75H47N4O.Ir/c1-49-37-39-65-64-35-20-36-66(74(64)80-75(65)79-49)71-40-38-54(46-76-71)58-29-14-15-30-59(58)55-41-56(60-31-16-18-33-62(60)69-47-77-72(52-25-10-4-11-26-52)44-67(69)50-21-6-2-7-22-50)43-57(42-55)61-32-17-19-34-63(61)70-48-78-73(53-27-12-5-13-28-53)45-68(70)51-23-8-3-9-24-51;/h2-25,27,29-35,37-48H,1H3;/q-3;+3/i1D3;. The molecular weight excluding hydrogens is 1170 g/mol. The van der Waals surface area contributed by atoms with Crippen molar-refractivity contribution in [2.75, 3.05) is 0 Å². The molecule has 0 aliphatic rings. The summed E-state index contributed by atoms with van der Waals surface area (Å²) < 4.78 is 30.1. The minimum Gasteiger partial charge on any atom is -0.486 e. The molecule has 6 heteroatoms. The molecule has 382 valence electrons. The average Bonchev–Trinajstić information content (AvgIpc) is 3.40. The first-order valence-electron chi connectivity index (χ1n) is 28.0. The average molecular weight is 1220 g/mol. The van der Waals surface area contributed by atoms with Crippen molar-refractivity contribution in [1.82, 2.24) is 19.9 Å². The Labute approximate surface area is 488 Å². The predicted octanol–water partition coefficient (Wildman–Crippen LogP) is 19.2. The number of nitrogens with zero attached hydrogens (tertiary/aromatic N) is 4. The van der Waals surface area contributed by atoms with Gasteiger partial charge in [0.05, 0.1) is 5.58 Å². The van der Waals surface area contributed by atoms with Gasteiger partial charge in [0.1, 0.15) is 0 Å². The first kappa shape index (κ1) is 47.1. The molecule has 14 aromatic rings. The molecule has 0 fully saturated rings. The topological polar surface area (TPSA) is 64.7 Å². The molecule has 0 amide bonds. The number of aromatic nitrogens is 4. The Bertz CT molecular complexity index is 4520. The van der Waals surface area contributed by atoms with Crippen LogP contribution in [0.5, 0.6) is 0 Å². The summed E-state index contributed by atoms with van der Waals surface area (Å²) >= 11 is 0. The van der Waals surface area contributed by atoms with Crippen LogP contribution in [0.1, 0.15) is 9.81 Å². The minimum atomic E-state index is -2.37. The van der Waals surface area contributed by atoms with Crippen LogP contribution >= 0.6 is 0 Å². The van der Waals surface area contributed by atoms with Crippen molar-refractivity contribution in [3.8, 4) is 123 Å². The summed E-state index contributed by atoms with van der Waals surface area (Å²) in [6, 6.07) is 95.3. The molecule has 0 saturated heterocycles. The fourth-order valence-electron chi connectivity index (χ4n) is 11.0. The van der Waals surface area contributed by atoms with Gasteiger partial charge in [0.2, 0.25) is 5.71 Å². The van der Waals surface area contributed by atoms with Gasteiger partial charge in [-0.1, -0.05) is 169 Å². The SMILES string of the molecule is [2H]C([2H])([2H])c1ccc2c(n1)oc1c(-c3ccc(-c4ccccc4-c4cc(-c5ccccc5-c5cnc(-c6[c-]cccc6)cc5-c5ccccc5)cc(-c5ccccc5-c5cnc(-c6[c-]cccc6)cc5-c5ccccc5)c4)cn3)[c-]ccc12.[Ir+3]. The number of furan rings is 1. The van der Waals surface area contributed by atoms with Crippen LogP contribution in [0.25, 0.3) is 145 Å². The monoisotopic (exact) mass is 1220 g/mol. The third kappa shape index (κ3) is 9.78. The maximum atomic E-state index is 7.94. The van der Waals surface area contributed by atoms with Crippen molar-refractivity contribution < 1.29 is 28.6 Å². The second-order valence-electron chi connectivity index (χ2n) is 19.6. The van der Waals surface area contributed by atoms with Crippen LogP contribution in [-0.4, -0.2) is 19.9 Å². The van der Waals surface area contributed by atoms with Gasteiger partial charge in [-0.2, -0.15) is 0 Å². The van der Waals surface area contributed by atoms with Crippen LogP contribution in [0.4, 0.5) is 0 Å². The maximum Gasteiger partial charge on any atom is 3.00 e. The number of benzene rings is 9. The number of hydrogen-bond acceptors (Lipinski definition) is 5. The molecular formula is C75H47IrN4O. The molecule has 0 saturated carbocycles. The minimum absolute atomic E-state index is 0. The molecule has 0 spiro atoms. The summed E-state index contributed by atoms with van der Waals surface area (Å²) in [5.41, 5.74) is 22.1. The van der Waals surface area contributed by atoms with Crippen LogP contribution < -0.4 is 0 Å². The van der Waals surface area contributed by atoms with Gasteiger partial charge in [-0.3, -0.25) is 0 Å².